The SMILES string of the molecule is O=C(NCC(=O)N(c1cccc(F)c1)[C@H](C(=O)NC1CCCCC1)c1ccncc1)c1ccco1. The first-order valence-electron chi connectivity index (χ1n) is 11.6. The first-order chi connectivity index (χ1) is 17.0. The molecule has 2 N–H and O–H groups in total. The van der Waals surface area contributed by atoms with Crippen molar-refractivity contribution in [3.63, 3.8) is 0 Å². The van der Waals surface area contributed by atoms with Crippen LogP contribution in [-0.4, -0.2) is 35.3 Å². The van der Waals surface area contributed by atoms with Gasteiger partial charge < -0.3 is 15.1 Å². The van der Waals surface area contributed by atoms with Crippen LogP contribution in [0.3, 0.4) is 0 Å². The van der Waals surface area contributed by atoms with Gasteiger partial charge in [-0.25, -0.2) is 4.39 Å². The van der Waals surface area contributed by atoms with Crippen molar-refractivity contribution in [3.05, 3.63) is 84.3 Å². The molecule has 2 aromatic heterocycles. The Labute approximate surface area is 202 Å². The summed E-state index contributed by atoms with van der Waals surface area (Å²) in [7, 11) is 0. The highest BCUT2D eigenvalue weighted by atomic mass is 19.1. The normalized spacial score (nSPS) is 14.7. The molecule has 1 atom stereocenters. The van der Waals surface area contributed by atoms with E-state index in [2.05, 4.69) is 15.6 Å². The summed E-state index contributed by atoms with van der Waals surface area (Å²) in [6, 6.07) is 10.7. The summed E-state index contributed by atoms with van der Waals surface area (Å²) in [5.41, 5.74) is 0.714. The number of pyridine rings is 1. The molecule has 0 bridgehead atoms. The lowest BCUT2D eigenvalue weighted by atomic mass is 9.94. The van der Waals surface area contributed by atoms with Crippen LogP contribution < -0.4 is 15.5 Å². The minimum atomic E-state index is -1.09. The van der Waals surface area contributed by atoms with Gasteiger partial charge in [-0.15, -0.1) is 0 Å². The van der Waals surface area contributed by atoms with Crippen molar-refractivity contribution >= 4 is 23.4 Å². The molecule has 8 nitrogen and oxygen atoms in total. The lowest BCUT2D eigenvalue weighted by Crippen LogP contribution is -2.49. The van der Waals surface area contributed by atoms with Gasteiger partial charge in [-0.05, 0) is 60.9 Å². The molecule has 182 valence electrons. The summed E-state index contributed by atoms with van der Waals surface area (Å²) in [5, 5.41) is 5.59. The fraction of sp³-hybridized carbons (Fsp3) is 0.308. The number of nitrogens with zero attached hydrogens (tertiary/aromatic N) is 2. The zero-order valence-corrected chi connectivity index (χ0v) is 19.2. The largest absolute Gasteiger partial charge is 0.459 e. The second-order valence-electron chi connectivity index (χ2n) is 8.43. The highest BCUT2D eigenvalue weighted by Crippen LogP contribution is 2.29. The van der Waals surface area contributed by atoms with Gasteiger partial charge in [0.05, 0.1) is 12.8 Å². The third-order valence-corrected chi connectivity index (χ3v) is 5.98. The Bertz CT molecular complexity index is 1150. The number of benzene rings is 1. The molecule has 2 heterocycles. The molecule has 1 aromatic carbocycles. The third kappa shape index (κ3) is 6.11. The van der Waals surface area contributed by atoms with Crippen LogP contribution >= 0.6 is 0 Å². The van der Waals surface area contributed by atoms with E-state index in [-0.39, 0.29) is 23.4 Å². The van der Waals surface area contributed by atoms with Gasteiger partial charge in [0.2, 0.25) is 11.8 Å². The molecule has 0 spiro atoms. The number of carbonyl (C=O) groups is 3. The lowest BCUT2D eigenvalue weighted by Gasteiger charge is -2.33. The minimum absolute atomic E-state index is 0.00343. The van der Waals surface area contributed by atoms with Crippen LogP contribution in [0.2, 0.25) is 0 Å². The van der Waals surface area contributed by atoms with Crippen LogP contribution in [0.5, 0.6) is 0 Å². The molecule has 1 aliphatic carbocycles. The average Bonchev–Trinajstić information content (AvgIpc) is 3.42. The van der Waals surface area contributed by atoms with Crippen molar-refractivity contribution in [2.24, 2.45) is 0 Å². The van der Waals surface area contributed by atoms with Crippen LogP contribution in [-0.2, 0) is 9.59 Å². The van der Waals surface area contributed by atoms with Crippen LogP contribution in [0.15, 0.2) is 71.6 Å². The van der Waals surface area contributed by atoms with Gasteiger partial charge in [0, 0.05) is 24.1 Å². The van der Waals surface area contributed by atoms with Gasteiger partial charge in [-0.1, -0.05) is 25.3 Å². The summed E-state index contributed by atoms with van der Waals surface area (Å²) >= 11 is 0. The van der Waals surface area contributed by atoms with Crippen molar-refractivity contribution in [2.45, 2.75) is 44.2 Å². The summed E-state index contributed by atoms with van der Waals surface area (Å²) in [6.45, 7) is -0.422. The molecular formula is C26H27FN4O4. The maximum absolute atomic E-state index is 14.2. The maximum atomic E-state index is 14.2. The molecule has 4 rings (SSSR count). The van der Waals surface area contributed by atoms with Gasteiger partial charge in [-0.2, -0.15) is 0 Å². The Hall–Kier alpha value is -4.01. The summed E-state index contributed by atoms with van der Waals surface area (Å²) in [6.07, 6.45) is 9.32. The molecule has 0 saturated heterocycles. The average molecular weight is 479 g/mol. The Morgan fingerprint density at radius 3 is 2.51 bits per heavy atom. The van der Waals surface area contributed by atoms with Gasteiger partial charge in [-0.3, -0.25) is 24.3 Å². The molecule has 3 amide bonds. The highest BCUT2D eigenvalue weighted by molar-refractivity contribution is 6.04. The highest BCUT2D eigenvalue weighted by Gasteiger charge is 2.34. The Morgan fingerprint density at radius 2 is 1.83 bits per heavy atom. The number of halogens is 1. The van der Waals surface area contributed by atoms with E-state index < -0.39 is 30.2 Å². The van der Waals surface area contributed by atoms with Crippen LogP contribution in [0, 0.1) is 5.82 Å². The van der Waals surface area contributed by atoms with E-state index in [1.807, 2.05) is 0 Å². The minimum Gasteiger partial charge on any atom is -0.459 e. The van der Waals surface area contributed by atoms with Gasteiger partial charge in [0.1, 0.15) is 11.9 Å². The van der Waals surface area contributed by atoms with Crippen LogP contribution in [0.25, 0.3) is 0 Å². The molecule has 1 aliphatic rings. The van der Waals surface area contributed by atoms with E-state index in [0.29, 0.717) is 5.56 Å². The molecule has 1 fully saturated rings. The predicted molar refractivity (Wildman–Crippen MR) is 127 cm³/mol. The van der Waals surface area contributed by atoms with E-state index in [4.69, 9.17) is 4.42 Å². The van der Waals surface area contributed by atoms with Crippen molar-refractivity contribution in [3.8, 4) is 0 Å². The Kier molecular flexibility index (Phi) is 7.87. The smallest absolute Gasteiger partial charge is 0.287 e. The monoisotopic (exact) mass is 478 g/mol. The van der Waals surface area contributed by atoms with Crippen molar-refractivity contribution < 1.29 is 23.2 Å². The second kappa shape index (κ2) is 11.4. The number of nitrogens with one attached hydrogen (secondary N) is 2. The first kappa shape index (κ1) is 24.1. The molecule has 0 radical (unpaired) electrons. The number of amides is 3. The zero-order chi connectivity index (χ0) is 24.6. The molecule has 0 unspecified atom stereocenters. The lowest BCUT2D eigenvalue weighted by molar-refractivity contribution is -0.127. The number of carbonyl (C=O) groups excluding carboxylic acids is 3. The quantitative estimate of drug-likeness (QED) is 0.513. The van der Waals surface area contributed by atoms with Gasteiger partial charge in [0.25, 0.3) is 5.91 Å². The maximum Gasteiger partial charge on any atom is 0.287 e. The molecule has 0 aliphatic heterocycles. The van der Waals surface area contributed by atoms with Crippen LogP contribution in [0.4, 0.5) is 10.1 Å². The van der Waals surface area contributed by atoms with Crippen molar-refractivity contribution in [1.29, 1.82) is 0 Å². The summed E-state index contributed by atoms with van der Waals surface area (Å²) in [4.78, 5) is 44.7. The number of hydrogen-bond acceptors (Lipinski definition) is 5. The van der Waals surface area contributed by atoms with Gasteiger partial charge in [0.15, 0.2) is 5.76 Å². The predicted octanol–water partition coefficient (Wildman–Crippen LogP) is 3.77. The van der Waals surface area contributed by atoms with E-state index in [9.17, 15) is 18.8 Å². The standard InChI is InChI=1S/C26H27FN4O4/c27-19-6-4-9-21(16-19)31(23(32)17-29-25(33)22-10-5-15-35-22)24(18-11-13-28-14-12-18)26(34)30-20-7-2-1-3-8-20/h4-6,9-16,20,24H,1-3,7-8,17H2,(H,29,33)(H,30,34)/t24-/m0/s1. The second-order valence-corrected chi connectivity index (χ2v) is 8.43. The Balaban J connectivity index is 1.66. The van der Waals surface area contributed by atoms with E-state index in [1.165, 1.54) is 47.8 Å². The fourth-order valence-electron chi connectivity index (χ4n) is 4.29. The number of furan rings is 1. The molecular weight excluding hydrogens is 451 g/mol. The van der Waals surface area contributed by atoms with E-state index in [0.717, 1.165) is 32.1 Å². The Morgan fingerprint density at radius 1 is 1.06 bits per heavy atom. The third-order valence-electron chi connectivity index (χ3n) is 5.98. The number of aromatic nitrogens is 1. The van der Waals surface area contributed by atoms with E-state index in [1.54, 1.807) is 24.3 Å². The fourth-order valence-corrected chi connectivity index (χ4v) is 4.29. The molecule has 3 aromatic rings. The first-order valence-corrected chi connectivity index (χ1v) is 11.6. The number of anilines is 1. The topological polar surface area (TPSA) is 105 Å². The number of rotatable bonds is 8. The number of hydrogen-bond donors (Lipinski definition) is 2. The summed E-state index contributed by atoms with van der Waals surface area (Å²) < 4.78 is 19.3. The van der Waals surface area contributed by atoms with E-state index >= 15 is 0 Å². The van der Waals surface area contributed by atoms with Crippen molar-refractivity contribution in [2.75, 3.05) is 11.4 Å². The molecule has 9 heteroatoms. The molecule has 1 saturated carbocycles. The van der Waals surface area contributed by atoms with Crippen LogP contribution in [0.1, 0.15) is 54.3 Å². The molecule has 35 heavy (non-hydrogen) atoms. The van der Waals surface area contributed by atoms with Crippen molar-refractivity contribution in [1.82, 2.24) is 15.6 Å². The summed E-state index contributed by atoms with van der Waals surface area (Å²) in [5.74, 6) is -2.04. The zero-order valence-electron chi connectivity index (χ0n) is 19.2. The van der Waals surface area contributed by atoms with Gasteiger partial charge >= 0.3 is 0 Å².